The van der Waals surface area contributed by atoms with Crippen molar-refractivity contribution in [2.24, 2.45) is 17.8 Å². The number of benzene rings is 3. The van der Waals surface area contributed by atoms with Crippen LogP contribution in [0.2, 0.25) is 0 Å². The highest BCUT2D eigenvalue weighted by atomic mass is 19.3. The third-order valence-corrected chi connectivity index (χ3v) is 8.74. The van der Waals surface area contributed by atoms with Crippen molar-refractivity contribution in [3.8, 4) is 16.9 Å². The minimum Gasteiger partial charge on any atom is -0.429 e. The predicted molar refractivity (Wildman–Crippen MR) is 150 cm³/mol. The van der Waals surface area contributed by atoms with Gasteiger partial charge in [0.2, 0.25) is 0 Å². The summed E-state index contributed by atoms with van der Waals surface area (Å²) in [4.78, 5) is 0. The minimum atomic E-state index is -4.58. The Balaban J connectivity index is 1.21. The van der Waals surface area contributed by atoms with Gasteiger partial charge in [0.15, 0.2) is 17.9 Å². The molecule has 3 nitrogen and oxygen atoms in total. The Morgan fingerprint density at radius 1 is 0.727 bits per heavy atom. The van der Waals surface area contributed by atoms with E-state index in [1.165, 1.54) is 50.7 Å². The van der Waals surface area contributed by atoms with Crippen LogP contribution in [0.15, 0.2) is 48.5 Å². The smallest absolute Gasteiger partial charge is 0.429 e. The van der Waals surface area contributed by atoms with Gasteiger partial charge >= 0.3 is 6.11 Å². The fourth-order valence-corrected chi connectivity index (χ4v) is 6.27. The standard InChI is InChI=1S/C34H35F7O3/c1-2-3-4-5-20-6-8-21(9-7-20)24-18-42-33(43-19-24)22-10-12-26(28(36)14-22)23-15-30(38)32(31(39)16-23)34(40,41)44-25-11-13-27(35)29(37)17-25/h10-17,20-21,24,33H,2-9,18-19H2,1H3. The molecule has 0 atom stereocenters. The molecule has 0 radical (unpaired) electrons. The molecular weight excluding hydrogens is 589 g/mol. The second-order valence-corrected chi connectivity index (χ2v) is 11.8. The maximum atomic E-state index is 15.2. The highest BCUT2D eigenvalue weighted by molar-refractivity contribution is 5.65. The van der Waals surface area contributed by atoms with Gasteiger partial charge in [-0.3, -0.25) is 0 Å². The predicted octanol–water partition coefficient (Wildman–Crippen LogP) is 10.2. The molecule has 0 N–H and O–H groups in total. The summed E-state index contributed by atoms with van der Waals surface area (Å²) in [6.07, 6.45) is 4.47. The van der Waals surface area contributed by atoms with Crippen molar-refractivity contribution in [2.45, 2.75) is 70.7 Å². The maximum Gasteiger partial charge on any atom is 0.432 e. The van der Waals surface area contributed by atoms with Gasteiger partial charge in [-0.1, -0.05) is 57.6 Å². The Morgan fingerprint density at radius 3 is 2.02 bits per heavy atom. The Hall–Kier alpha value is -3.11. The van der Waals surface area contributed by atoms with Crippen molar-refractivity contribution in [3.63, 3.8) is 0 Å². The van der Waals surface area contributed by atoms with Crippen molar-refractivity contribution in [2.75, 3.05) is 13.2 Å². The van der Waals surface area contributed by atoms with Crippen LogP contribution in [0.1, 0.15) is 75.7 Å². The molecule has 3 aromatic carbocycles. The normalized spacial score (nSPS) is 22.6. The number of unbranched alkanes of at least 4 members (excludes halogenated alkanes) is 2. The first-order chi connectivity index (χ1) is 21.1. The Morgan fingerprint density at radius 2 is 1.41 bits per heavy atom. The monoisotopic (exact) mass is 624 g/mol. The molecule has 0 spiro atoms. The number of hydrogen-bond donors (Lipinski definition) is 0. The van der Waals surface area contributed by atoms with E-state index in [-0.39, 0.29) is 17.0 Å². The van der Waals surface area contributed by atoms with Crippen LogP contribution >= 0.6 is 0 Å². The van der Waals surface area contributed by atoms with Gasteiger partial charge in [-0.05, 0) is 60.6 Å². The largest absolute Gasteiger partial charge is 0.432 e. The Bertz CT molecular complexity index is 1410. The highest BCUT2D eigenvalue weighted by Gasteiger charge is 2.41. The molecule has 3 aromatic rings. The van der Waals surface area contributed by atoms with Gasteiger partial charge in [-0.25, -0.2) is 22.0 Å². The van der Waals surface area contributed by atoms with Gasteiger partial charge in [0.05, 0.1) is 13.2 Å². The zero-order chi connectivity index (χ0) is 31.4. The Kier molecular flexibility index (Phi) is 10.2. The zero-order valence-electron chi connectivity index (χ0n) is 24.4. The molecular formula is C34H35F7O3. The van der Waals surface area contributed by atoms with Gasteiger partial charge in [-0.2, -0.15) is 8.78 Å². The van der Waals surface area contributed by atoms with Crippen molar-refractivity contribution < 1.29 is 44.9 Å². The summed E-state index contributed by atoms with van der Waals surface area (Å²) in [7, 11) is 0. The number of ether oxygens (including phenoxy) is 3. The highest BCUT2D eigenvalue weighted by Crippen LogP contribution is 2.40. The molecule has 1 heterocycles. The second-order valence-electron chi connectivity index (χ2n) is 11.8. The first kappa shape index (κ1) is 32.3. The summed E-state index contributed by atoms with van der Waals surface area (Å²) in [5.41, 5.74) is -1.93. The molecule has 0 bridgehead atoms. The molecule has 44 heavy (non-hydrogen) atoms. The summed E-state index contributed by atoms with van der Waals surface area (Å²) in [5, 5.41) is 0. The zero-order valence-corrected chi connectivity index (χ0v) is 24.4. The van der Waals surface area contributed by atoms with Crippen LogP contribution in [0.3, 0.4) is 0 Å². The van der Waals surface area contributed by atoms with E-state index in [9.17, 15) is 26.3 Å². The first-order valence-electron chi connectivity index (χ1n) is 15.1. The van der Waals surface area contributed by atoms with Crippen molar-refractivity contribution in [3.05, 3.63) is 88.7 Å². The molecule has 0 amide bonds. The van der Waals surface area contributed by atoms with E-state index in [2.05, 4.69) is 11.7 Å². The lowest BCUT2D eigenvalue weighted by Crippen LogP contribution is -2.34. The van der Waals surface area contributed by atoms with Gasteiger partial charge in [0, 0.05) is 23.1 Å². The summed E-state index contributed by atoms with van der Waals surface area (Å²) >= 11 is 0. The van der Waals surface area contributed by atoms with E-state index in [1.807, 2.05) is 0 Å². The van der Waals surface area contributed by atoms with Crippen LogP contribution in [0.5, 0.6) is 5.75 Å². The van der Waals surface area contributed by atoms with Gasteiger partial charge in [0.1, 0.15) is 28.8 Å². The van der Waals surface area contributed by atoms with Crippen LogP contribution in [-0.4, -0.2) is 13.2 Å². The minimum absolute atomic E-state index is 0.229. The molecule has 1 aliphatic heterocycles. The third-order valence-electron chi connectivity index (χ3n) is 8.74. The van der Waals surface area contributed by atoms with E-state index in [1.54, 1.807) is 0 Å². The van der Waals surface area contributed by atoms with Crippen molar-refractivity contribution >= 4 is 0 Å². The first-order valence-corrected chi connectivity index (χ1v) is 15.1. The third kappa shape index (κ3) is 7.40. The molecule has 1 saturated carbocycles. The van der Waals surface area contributed by atoms with Crippen LogP contribution < -0.4 is 4.74 Å². The fourth-order valence-electron chi connectivity index (χ4n) is 6.27. The molecule has 5 rings (SSSR count). The summed E-state index contributed by atoms with van der Waals surface area (Å²) in [6.45, 7) is 3.18. The average Bonchev–Trinajstić information content (AvgIpc) is 2.99. The molecule has 1 aliphatic carbocycles. The number of hydrogen-bond acceptors (Lipinski definition) is 3. The van der Waals surface area contributed by atoms with E-state index >= 15 is 4.39 Å². The van der Waals surface area contributed by atoms with Crippen LogP contribution in [0, 0.1) is 46.8 Å². The second kappa shape index (κ2) is 13.9. The Labute approximate surface area is 252 Å². The van der Waals surface area contributed by atoms with Gasteiger partial charge in [-0.15, -0.1) is 0 Å². The van der Waals surface area contributed by atoms with Crippen molar-refractivity contribution in [1.82, 2.24) is 0 Å². The quantitative estimate of drug-likeness (QED) is 0.166. The lowest BCUT2D eigenvalue weighted by Gasteiger charge is -2.38. The topological polar surface area (TPSA) is 27.7 Å². The number of halogens is 7. The van der Waals surface area contributed by atoms with Crippen LogP contribution in [0.25, 0.3) is 11.1 Å². The molecule has 0 unspecified atom stereocenters. The molecule has 1 saturated heterocycles. The lowest BCUT2D eigenvalue weighted by atomic mass is 9.74. The van der Waals surface area contributed by atoms with Gasteiger partial charge < -0.3 is 14.2 Å². The van der Waals surface area contributed by atoms with Crippen LogP contribution in [0.4, 0.5) is 30.7 Å². The lowest BCUT2D eigenvalue weighted by molar-refractivity contribution is -0.214. The summed E-state index contributed by atoms with van der Waals surface area (Å²) < 4.78 is 117. The summed E-state index contributed by atoms with van der Waals surface area (Å²) in [5.74, 6) is -6.32. The van der Waals surface area contributed by atoms with E-state index in [4.69, 9.17) is 9.47 Å². The van der Waals surface area contributed by atoms with Crippen molar-refractivity contribution in [1.29, 1.82) is 0 Å². The van der Waals surface area contributed by atoms with Gasteiger partial charge in [0.25, 0.3) is 0 Å². The molecule has 10 heteroatoms. The molecule has 0 aromatic heterocycles. The maximum absolute atomic E-state index is 15.2. The van der Waals surface area contributed by atoms with Crippen LogP contribution in [-0.2, 0) is 15.6 Å². The summed E-state index contributed by atoms with van der Waals surface area (Å²) in [6, 6.07) is 6.55. The molecule has 2 fully saturated rings. The fraction of sp³-hybridized carbons (Fsp3) is 0.471. The molecule has 238 valence electrons. The van der Waals surface area contributed by atoms with E-state index in [0.717, 1.165) is 24.8 Å². The number of alkyl halides is 2. The SMILES string of the molecule is CCCCCC1CCC(C2COC(c3ccc(-c4cc(F)c(C(F)(F)Oc5ccc(F)c(F)c5)c(F)c4)c(F)c3)OC2)CC1. The number of rotatable bonds is 10. The van der Waals surface area contributed by atoms with E-state index in [0.29, 0.717) is 55.0 Å². The molecule has 2 aliphatic rings. The van der Waals surface area contributed by atoms with E-state index < -0.39 is 52.8 Å². The average molecular weight is 625 g/mol.